The molecule has 1 fully saturated rings. The van der Waals surface area contributed by atoms with Gasteiger partial charge in [-0.15, -0.1) is 10.2 Å². The zero-order valence-corrected chi connectivity index (χ0v) is 26.1. The van der Waals surface area contributed by atoms with E-state index in [9.17, 15) is 4.79 Å². The molecule has 2 heterocycles. The number of nitrogens with zero attached hydrogens (tertiary/aromatic N) is 5. The van der Waals surface area contributed by atoms with Crippen LogP contribution in [0.2, 0.25) is 0 Å². The van der Waals surface area contributed by atoms with Gasteiger partial charge in [-0.3, -0.25) is 9.36 Å². The lowest BCUT2D eigenvalue weighted by molar-refractivity contribution is 0.223. The number of ether oxygens (including phenoxy) is 3. The summed E-state index contributed by atoms with van der Waals surface area (Å²) in [6.45, 7) is 11.8. The van der Waals surface area contributed by atoms with Gasteiger partial charge >= 0.3 is 0 Å². The number of aromatic nitrogens is 4. The van der Waals surface area contributed by atoms with Crippen molar-refractivity contribution in [2.75, 3.05) is 45.8 Å². The predicted octanol–water partition coefficient (Wildman–Crippen LogP) is 6.07. The van der Waals surface area contributed by atoms with Gasteiger partial charge in [0.1, 0.15) is 29.4 Å². The first-order chi connectivity index (χ1) is 20.9. The zero-order chi connectivity index (χ0) is 30.5. The van der Waals surface area contributed by atoms with Crippen molar-refractivity contribution in [1.82, 2.24) is 24.6 Å². The fraction of sp³-hybridized carbons (Fsp3) is 0.455. The summed E-state index contributed by atoms with van der Waals surface area (Å²) in [5, 5.41) is 12.2. The van der Waals surface area contributed by atoms with E-state index in [1.807, 2.05) is 48.7 Å². The van der Waals surface area contributed by atoms with Gasteiger partial charge < -0.3 is 24.4 Å². The van der Waals surface area contributed by atoms with Crippen molar-refractivity contribution >= 4 is 22.8 Å². The average molecular weight is 587 g/mol. The molecule has 0 spiro atoms. The van der Waals surface area contributed by atoms with Crippen LogP contribution in [0.3, 0.4) is 0 Å². The summed E-state index contributed by atoms with van der Waals surface area (Å²) in [5.74, 6) is 2.46. The Kier molecular flexibility index (Phi) is 9.45. The molecule has 1 aliphatic rings. The van der Waals surface area contributed by atoms with Crippen LogP contribution < -0.4 is 25.1 Å². The molecule has 10 heteroatoms. The highest BCUT2D eigenvalue weighted by atomic mass is 16.5. The lowest BCUT2D eigenvalue weighted by Crippen LogP contribution is -2.27. The van der Waals surface area contributed by atoms with E-state index in [1.165, 1.54) is 0 Å². The smallest absolute Gasteiger partial charge is 0.260 e. The molecule has 2 aromatic heterocycles. The molecule has 1 saturated carbocycles. The number of hydrogen-bond donors (Lipinski definition) is 1. The van der Waals surface area contributed by atoms with Crippen molar-refractivity contribution in [2.45, 2.75) is 59.4 Å². The summed E-state index contributed by atoms with van der Waals surface area (Å²) in [6.07, 6.45) is 3.97. The first-order valence-electron chi connectivity index (χ1n) is 15.1. The van der Waals surface area contributed by atoms with Crippen LogP contribution in [0, 0.1) is 13.8 Å². The molecule has 4 aromatic rings. The monoisotopic (exact) mass is 586 g/mol. The summed E-state index contributed by atoms with van der Waals surface area (Å²) in [6, 6.07) is 11.4. The number of rotatable bonds is 12. The minimum Gasteiger partial charge on any atom is -0.496 e. The van der Waals surface area contributed by atoms with E-state index in [0.717, 1.165) is 73.4 Å². The van der Waals surface area contributed by atoms with E-state index in [2.05, 4.69) is 34.3 Å². The summed E-state index contributed by atoms with van der Waals surface area (Å²) >= 11 is 0. The van der Waals surface area contributed by atoms with E-state index in [1.54, 1.807) is 20.3 Å². The molecule has 10 nitrogen and oxygen atoms in total. The third-order valence-electron chi connectivity index (χ3n) is 8.48. The number of nitrogens with one attached hydrogen (secondary N) is 1. The number of likely N-dealkylation sites (N-methyl/N-ethyl adjacent to an activating group) is 1. The largest absolute Gasteiger partial charge is 0.496 e. The van der Waals surface area contributed by atoms with Crippen LogP contribution in [-0.2, 0) is 0 Å². The maximum atomic E-state index is 14.3. The Hall–Kier alpha value is -4.18. The number of hydrogen-bond acceptors (Lipinski definition) is 9. The summed E-state index contributed by atoms with van der Waals surface area (Å²) in [4.78, 5) is 21.5. The SMILES string of the molecule is CCN(CC)CCOc1ccc(Nc2nnc3cc(-c4c(C)c(OC)cc(OC)c4C)c(=O)n(C4CCCC4)c3n2)cc1. The van der Waals surface area contributed by atoms with Crippen molar-refractivity contribution in [3.8, 4) is 28.4 Å². The Morgan fingerprint density at radius 2 is 1.60 bits per heavy atom. The van der Waals surface area contributed by atoms with Crippen LogP contribution in [-0.4, -0.2) is 65.1 Å². The predicted molar refractivity (Wildman–Crippen MR) is 170 cm³/mol. The normalized spacial score (nSPS) is 13.6. The molecule has 5 rings (SSSR count). The number of pyridine rings is 1. The second-order valence-corrected chi connectivity index (χ2v) is 10.9. The maximum Gasteiger partial charge on any atom is 0.260 e. The van der Waals surface area contributed by atoms with Crippen molar-refractivity contribution in [3.63, 3.8) is 0 Å². The Bertz CT molecular complexity index is 1600. The minimum atomic E-state index is -0.0985. The molecule has 0 amide bonds. The van der Waals surface area contributed by atoms with Gasteiger partial charge in [-0.25, -0.2) is 0 Å². The fourth-order valence-electron chi connectivity index (χ4n) is 6.04. The van der Waals surface area contributed by atoms with Crippen LogP contribution >= 0.6 is 0 Å². The quantitative estimate of drug-likeness (QED) is 0.212. The molecule has 0 bridgehead atoms. The standard InChI is InChI=1S/C33H42N6O4/c1-7-38(8-2)17-18-43-25-15-13-23(14-16-25)34-33-35-31-27(36-37-33)19-26(32(40)39(31)24-11-9-10-12-24)30-21(3)28(41-5)20-29(42-6)22(30)4/h13-16,19-20,24H,7-12,17-18H2,1-6H3,(H,34,35,37). The Balaban J connectivity index is 1.50. The van der Waals surface area contributed by atoms with Crippen LogP contribution in [0.4, 0.5) is 11.6 Å². The lowest BCUT2D eigenvalue weighted by Gasteiger charge is -2.21. The van der Waals surface area contributed by atoms with Crippen LogP contribution in [0.5, 0.6) is 17.2 Å². The first kappa shape index (κ1) is 30.3. The molecule has 0 aliphatic heterocycles. The number of anilines is 2. The number of fused-ring (bicyclic) bond motifs is 1. The van der Waals surface area contributed by atoms with Gasteiger partial charge in [-0.1, -0.05) is 26.7 Å². The Morgan fingerprint density at radius 3 is 2.21 bits per heavy atom. The van der Waals surface area contributed by atoms with Gasteiger partial charge in [-0.2, -0.15) is 4.98 Å². The van der Waals surface area contributed by atoms with E-state index in [-0.39, 0.29) is 11.6 Å². The topological polar surface area (TPSA) is 104 Å². The van der Waals surface area contributed by atoms with Crippen LogP contribution in [0.25, 0.3) is 22.3 Å². The van der Waals surface area contributed by atoms with Gasteiger partial charge in [0.25, 0.3) is 5.56 Å². The Morgan fingerprint density at radius 1 is 0.953 bits per heavy atom. The molecule has 43 heavy (non-hydrogen) atoms. The number of methoxy groups -OCH3 is 2. The molecule has 2 aromatic carbocycles. The fourth-order valence-corrected chi connectivity index (χ4v) is 6.04. The van der Waals surface area contributed by atoms with Crippen LogP contribution in [0.1, 0.15) is 56.7 Å². The van der Waals surface area contributed by atoms with Gasteiger partial charge in [0, 0.05) is 29.9 Å². The zero-order valence-electron chi connectivity index (χ0n) is 26.1. The van der Waals surface area contributed by atoms with E-state index in [4.69, 9.17) is 19.2 Å². The van der Waals surface area contributed by atoms with Crippen molar-refractivity contribution in [3.05, 3.63) is 57.9 Å². The summed E-state index contributed by atoms with van der Waals surface area (Å²) in [7, 11) is 3.24. The second kappa shape index (κ2) is 13.4. The van der Waals surface area contributed by atoms with E-state index < -0.39 is 0 Å². The lowest BCUT2D eigenvalue weighted by atomic mass is 9.94. The van der Waals surface area contributed by atoms with Crippen molar-refractivity contribution < 1.29 is 14.2 Å². The molecule has 228 valence electrons. The highest BCUT2D eigenvalue weighted by Crippen LogP contribution is 2.39. The molecule has 0 unspecified atom stereocenters. The summed E-state index contributed by atoms with van der Waals surface area (Å²) < 4.78 is 19.0. The van der Waals surface area contributed by atoms with Crippen molar-refractivity contribution in [2.24, 2.45) is 0 Å². The first-order valence-corrected chi connectivity index (χ1v) is 15.1. The third-order valence-corrected chi connectivity index (χ3v) is 8.48. The molecule has 1 aliphatic carbocycles. The van der Waals surface area contributed by atoms with Crippen molar-refractivity contribution in [1.29, 1.82) is 0 Å². The van der Waals surface area contributed by atoms with Gasteiger partial charge in [-0.05, 0) is 81.2 Å². The van der Waals surface area contributed by atoms with Gasteiger partial charge in [0.15, 0.2) is 5.65 Å². The van der Waals surface area contributed by atoms with Gasteiger partial charge in [0.2, 0.25) is 5.95 Å². The van der Waals surface area contributed by atoms with Gasteiger partial charge in [0.05, 0.1) is 19.8 Å². The highest BCUT2D eigenvalue weighted by Gasteiger charge is 2.26. The maximum absolute atomic E-state index is 14.3. The molecule has 0 atom stereocenters. The molecule has 0 radical (unpaired) electrons. The third kappa shape index (κ3) is 6.29. The molecular formula is C33H42N6O4. The molecule has 0 saturated heterocycles. The minimum absolute atomic E-state index is 0.0420. The van der Waals surface area contributed by atoms with E-state index >= 15 is 0 Å². The Labute approximate surface area is 253 Å². The molecule has 1 N–H and O–H groups in total. The van der Waals surface area contributed by atoms with Crippen LogP contribution in [0.15, 0.2) is 41.2 Å². The summed E-state index contributed by atoms with van der Waals surface area (Å²) in [5.41, 5.74) is 4.87. The highest BCUT2D eigenvalue weighted by molar-refractivity contribution is 5.83. The second-order valence-electron chi connectivity index (χ2n) is 10.9. The number of benzene rings is 2. The average Bonchev–Trinajstić information content (AvgIpc) is 3.55. The van der Waals surface area contributed by atoms with E-state index in [0.29, 0.717) is 40.8 Å². The molecular weight excluding hydrogens is 544 g/mol.